The fraction of sp³-hybridized carbons (Fsp3) is 0.267. The standard InChI is InChI=1S/C15H19B2N/c1-11(2)15(16,17)13-8-9-18-14(10-13)12-6-4-3-5-7-12/h3-11H,16-17H2,1-2H3. The van der Waals surface area contributed by atoms with E-state index in [1.165, 1.54) is 11.1 Å². The van der Waals surface area contributed by atoms with Crippen LogP contribution in [0, 0.1) is 5.92 Å². The molecule has 90 valence electrons. The van der Waals surface area contributed by atoms with Gasteiger partial charge in [0.15, 0.2) is 0 Å². The Balaban J connectivity index is 2.43. The smallest absolute Gasteiger partial charge is 0.105 e. The van der Waals surface area contributed by atoms with Gasteiger partial charge in [0.2, 0.25) is 0 Å². The monoisotopic (exact) mass is 235 g/mol. The fourth-order valence-corrected chi connectivity index (χ4v) is 1.93. The first-order valence-electron chi connectivity index (χ1n) is 6.54. The molecule has 0 spiro atoms. The van der Waals surface area contributed by atoms with Crippen LogP contribution in [0.5, 0.6) is 0 Å². The van der Waals surface area contributed by atoms with Gasteiger partial charge in [-0.25, -0.2) is 0 Å². The Morgan fingerprint density at radius 3 is 2.33 bits per heavy atom. The zero-order valence-electron chi connectivity index (χ0n) is 11.6. The maximum Gasteiger partial charge on any atom is 0.105 e. The van der Waals surface area contributed by atoms with Gasteiger partial charge in [-0.3, -0.25) is 4.98 Å². The summed E-state index contributed by atoms with van der Waals surface area (Å²) in [6.07, 6.45) is 1.92. The summed E-state index contributed by atoms with van der Waals surface area (Å²) in [4.78, 5) is 4.48. The van der Waals surface area contributed by atoms with Crippen molar-refractivity contribution in [3.8, 4) is 11.3 Å². The topological polar surface area (TPSA) is 12.9 Å². The second-order valence-electron chi connectivity index (χ2n) is 5.67. The highest BCUT2D eigenvalue weighted by Gasteiger charge is 2.25. The molecule has 1 heterocycles. The van der Waals surface area contributed by atoms with Gasteiger partial charge in [0, 0.05) is 11.8 Å². The van der Waals surface area contributed by atoms with E-state index in [1.54, 1.807) is 0 Å². The van der Waals surface area contributed by atoms with Crippen molar-refractivity contribution in [2.45, 2.75) is 19.1 Å². The lowest BCUT2D eigenvalue weighted by molar-refractivity contribution is 0.570. The summed E-state index contributed by atoms with van der Waals surface area (Å²) in [6.45, 7) is 4.53. The van der Waals surface area contributed by atoms with Crippen LogP contribution < -0.4 is 0 Å². The Kier molecular flexibility index (Phi) is 3.60. The Morgan fingerprint density at radius 1 is 1.06 bits per heavy atom. The van der Waals surface area contributed by atoms with Crippen LogP contribution in [0.15, 0.2) is 48.7 Å². The molecule has 0 saturated carbocycles. The van der Waals surface area contributed by atoms with Crippen molar-refractivity contribution < 1.29 is 0 Å². The summed E-state index contributed by atoms with van der Waals surface area (Å²) in [6, 6.07) is 14.7. The second kappa shape index (κ2) is 5.01. The number of hydrogen-bond donors (Lipinski definition) is 0. The normalized spacial score (nSPS) is 11.7. The fourth-order valence-electron chi connectivity index (χ4n) is 1.93. The molecule has 0 bridgehead atoms. The van der Waals surface area contributed by atoms with Gasteiger partial charge in [-0.05, 0) is 12.1 Å². The Labute approximate surface area is 111 Å². The SMILES string of the molecule is BC(B)(c1ccnc(-c2ccccc2)c1)C(C)C. The van der Waals surface area contributed by atoms with Gasteiger partial charge in [-0.1, -0.05) is 60.9 Å². The first-order valence-corrected chi connectivity index (χ1v) is 6.54. The van der Waals surface area contributed by atoms with E-state index in [0.29, 0.717) is 5.92 Å². The minimum absolute atomic E-state index is 0.173. The number of rotatable bonds is 3. The van der Waals surface area contributed by atoms with E-state index in [4.69, 9.17) is 0 Å². The van der Waals surface area contributed by atoms with Crippen LogP contribution in [-0.4, -0.2) is 20.7 Å². The van der Waals surface area contributed by atoms with Crippen LogP contribution in [-0.2, 0) is 5.21 Å². The summed E-state index contributed by atoms with van der Waals surface area (Å²) in [7, 11) is 4.59. The minimum atomic E-state index is 0.173. The Hall–Kier alpha value is -1.50. The van der Waals surface area contributed by atoms with E-state index in [9.17, 15) is 0 Å². The number of benzene rings is 1. The molecule has 0 aliphatic rings. The third kappa shape index (κ3) is 2.50. The van der Waals surface area contributed by atoms with E-state index in [1.807, 2.05) is 12.3 Å². The van der Waals surface area contributed by atoms with E-state index >= 15 is 0 Å². The maximum absolute atomic E-state index is 4.48. The van der Waals surface area contributed by atoms with Gasteiger partial charge < -0.3 is 0 Å². The summed E-state index contributed by atoms with van der Waals surface area (Å²) < 4.78 is 0. The van der Waals surface area contributed by atoms with Crippen molar-refractivity contribution in [3.05, 3.63) is 54.2 Å². The molecule has 1 aromatic heterocycles. The molecule has 18 heavy (non-hydrogen) atoms. The largest absolute Gasteiger partial charge is 0.256 e. The molecule has 3 heteroatoms. The van der Waals surface area contributed by atoms with Crippen molar-refractivity contribution in [1.29, 1.82) is 0 Å². The molecular weight excluding hydrogens is 216 g/mol. The number of aromatic nitrogens is 1. The average molecular weight is 235 g/mol. The lowest BCUT2D eigenvalue weighted by atomic mass is 9.46. The third-order valence-electron chi connectivity index (χ3n) is 4.02. The molecule has 0 saturated heterocycles. The highest BCUT2D eigenvalue weighted by atomic mass is 14.7. The molecule has 2 aromatic rings. The molecule has 0 radical (unpaired) electrons. The van der Waals surface area contributed by atoms with E-state index < -0.39 is 0 Å². The van der Waals surface area contributed by atoms with Crippen molar-refractivity contribution in [2.24, 2.45) is 5.92 Å². The van der Waals surface area contributed by atoms with Gasteiger partial charge in [0.05, 0.1) is 5.69 Å². The van der Waals surface area contributed by atoms with Crippen LogP contribution in [0.1, 0.15) is 19.4 Å². The van der Waals surface area contributed by atoms with Crippen LogP contribution in [0.3, 0.4) is 0 Å². The Morgan fingerprint density at radius 2 is 1.72 bits per heavy atom. The lowest BCUT2D eigenvalue weighted by Gasteiger charge is -2.30. The molecule has 0 aliphatic heterocycles. The molecule has 0 fully saturated rings. The predicted octanol–water partition coefficient (Wildman–Crippen LogP) is 1.82. The van der Waals surface area contributed by atoms with Crippen molar-refractivity contribution in [1.82, 2.24) is 4.98 Å². The van der Waals surface area contributed by atoms with Crippen molar-refractivity contribution in [3.63, 3.8) is 0 Å². The minimum Gasteiger partial charge on any atom is -0.256 e. The average Bonchev–Trinajstić information content (AvgIpc) is 2.40. The van der Waals surface area contributed by atoms with Gasteiger partial charge in [0.25, 0.3) is 0 Å². The van der Waals surface area contributed by atoms with Crippen molar-refractivity contribution in [2.75, 3.05) is 0 Å². The maximum atomic E-state index is 4.48. The zero-order chi connectivity index (χ0) is 13.2. The molecule has 0 amide bonds. The summed E-state index contributed by atoms with van der Waals surface area (Å²) >= 11 is 0. The molecule has 0 aliphatic carbocycles. The molecule has 0 atom stereocenters. The molecule has 0 N–H and O–H groups in total. The van der Waals surface area contributed by atoms with Gasteiger partial charge in [-0.2, -0.15) is 0 Å². The first-order chi connectivity index (χ1) is 8.51. The highest BCUT2D eigenvalue weighted by Crippen LogP contribution is 2.28. The van der Waals surface area contributed by atoms with Crippen molar-refractivity contribution >= 4 is 15.7 Å². The number of nitrogens with zero attached hydrogens (tertiary/aromatic N) is 1. The van der Waals surface area contributed by atoms with E-state index in [2.05, 4.69) is 70.9 Å². The molecular formula is C15H19B2N. The van der Waals surface area contributed by atoms with Gasteiger partial charge >= 0.3 is 0 Å². The van der Waals surface area contributed by atoms with Gasteiger partial charge in [0.1, 0.15) is 15.7 Å². The number of pyridine rings is 1. The predicted molar refractivity (Wildman–Crippen MR) is 83.3 cm³/mol. The quantitative estimate of drug-likeness (QED) is 0.739. The summed E-state index contributed by atoms with van der Waals surface area (Å²) in [5.74, 6) is 0.600. The van der Waals surface area contributed by atoms with Gasteiger partial charge in [-0.15, -0.1) is 0 Å². The zero-order valence-corrected chi connectivity index (χ0v) is 11.6. The summed E-state index contributed by atoms with van der Waals surface area (Å²) in [5, 5.41) is 0.173. The number of hydrogen-bond acceptors (Lipinski definition) is 1. The van der Waals surface area contributed by atoms with Crippen LogP contribution >= 0.6 is 0 Å². The van der Waals surface area contributed by atoms with E-state index in [0.717, 1.165) is 5.69 Å². The third-order valence-corrected chi connectivity index (χ3v) is 4.02. The first kappa shape index (κ1) is 12.9. The van der Waals surface area contributed by atoms with Crippen LogP contribution in [0.4, 0.5) is 0 Å². The molecule has 0 unspecified atom stereocenters. The second-order valence-corrected chi connectivity index (χ2v) is 5.67. The highest BCUT2D eigenvalue weighted by molar-refractivity contribution is 6.40. The van der Waals surface area contributed by atoms with E-state index in [-0.39, 0.29) is 5.21 Å². The summed E-state index contributed by atoms with van der Waals surface area (Å²) in [5.41, 5.74) is 3.59. The molecule has 1 nitrogen and oxygen atoms in total. The molecule has 1 aromatic carbocycles. The van der Waals surface area contributed by atoms with Crippen LogP contribution in [0.25, 0.3) is 11.3 Å². The molecule has 2 rings (SSSR count). The lowest BCUT2D eigenvalue weighted by Crippen LogP contribution is -2.33. The Bertz CT molecular complexity index is 521. The van der Waals surface area contributed by atoms with Crippen LogP contribution in [0.2, 0.25) is 0 Å².